The largest absolute Gasteiger partial charge is 0.423 e. The molecule has 0 N–H and O–H groups in total. The Morgan fingerprint density at radius 3 is 2.31 bits per heavy atom. The van der Waals surface area contributed by atoms with Gasteiger partial charge in [0.25, 0.3) is 0 Å². The zero-order chi connectivity index (χ0) is 18.2. The number of hydrogen-bond donors (Lipinski definition) is 0. The van der Waals surface area contributed by atoms with E-state index in [9.17, 15) is 4.79 Å². The van der Waals surface area contributed by atoms with Gasteiger partial charge in [-0.1, -0.05) is 81.8 Å². The maximum atomic E-state index is 11.9. The smallest absolute Gasteiger partial charge is 0.336 e. The number of fused-ring (bicyclic) bond motifs is 1. The molecule has 26 heavy (non-hydrogen) atoms. The predicted octanol–water partition coefficient (Wildman–Crippen LogP) is 6.75. The molecule has 2 nitrogen and oxygen atoms in total. The van der Waals surface area contributed by atoms with Crippen molar-refractivity contribution in [2.24, 2.45) is 0 Å². The topological polar surface area (TPSA) is 30.2 Å². The van der Waals surface area contributed by atoms with Crippen LogP contribution in [-0.2, 0) is 6.42 Å². The Bertz CT molecular complexity index is 878. The fourth-order valence-corrected chi connectivity index (χ4v) is 3.51. The van der Waals surface area contributed by atoms with Gasteiger partial charge in [-0.2, -0.15) is 0 Å². The van der Waals surface area contributed by atoms with E-state index in [2.05, 4.69) is 19.1 Å². The lowest BCUT2D eigenvalue weighted by molar-refractivity contribution is 0.561. The molecule has 0 aliphatic heterocycles. The Hall–Kier alpha value is -2.35. The molecule has 0 spiro atoms. The third kappa shape index (κ3) is 4.85. The van der Waals surface area contributed by atoms with Gasteiger partial charge in [-0.25, -0.2) is 4.79 Å². The summed E-state index contributed by atoms with van der Waals surface area (Å²) in [6, 6.07) is 17.9. The Kier molecular flexibility index (Phi) is 6.65. The maximum Gasteiger partial charge on any atom is 0.336 e. The summed E-state index contributed by atoms with van der Waals surface area (Å²) >= 11 is 0. The maximum absolute atomic E-state index is 11.9. The molecule has 0 bridgehead atoms. The Morgan fingerprint density at radius 1 is 0.808 bits per heavy atom. The molecule has 0 aliphatic carbocycles. The second-order valence-electron chi connectivity index (χ2n) is 7.05. The third-order valence-electron chi connectivity index (χ3n) is 4.96. The minimum Gasteiger partial charge on any atom is -0.423 e. The van der Waals surface area contributed by atoms with E-state index in [1.807, 2.05) is 36.4 Å². The van der Waals surface area contributed by atoms with Gasteiger partial charge in [0.2, 0.25) is 0 Å². The van der Waals surface area contributed by atoms with Gasteiger partial charge >= 0.3 is 5.63 Å². The summed E-state index contributed by atoms with van der Waals surface area (Å²) in [6.45, 7) is 2.26. The predicted molar refractivity (Wildman–Crippen MR) is 110 cm³/mol. The lowest BCUT2D eigenvalue weighted by Gasteiger charge is -2.08. The van der Waals surface area contributed by atoms with E-state index in [1.54, 1.807) is 6.07 Å². The number of benzene rings is 2. The normalized spacial score (nSPS) is 11.1. The van der Waals surface area contributed by atoms with Crippen LogP contribution < -0.4 is 5.63 Å². The van der Waals surface area contributed by atoms with Crippen LogP contribution in [-0.4, -0.2) is 0 Å². The van der Waals surface area contributed by atoms with E-state index >= 15 is 0 Å². The summed E-state index contributed by atoms with van der Waals surface area (Å²) in [6.07, 6.45) is 10.3. The second kappa shape index (κ2) is 9.38. The minimum absolute atomic E-state index is 0.295. The number of unbranched alkanes of at least 4 members (excludes halogenated alkanes) is 6. The van der Waals surface area contributed by atoms with E-state index in [0.29, 0.717) is 5.58 Å². The molecule has 0 saturated carbocycles. The van der Waals surface area contributed by atoms with Gasteiger partial charge in [-0.05, 0) is 41.7 Å². The van der Waals surface area contributed by atoms with Crippen molar-refractivity contribution in [2.45, 2.75) is 58.3 Å². The molecule has 1 aromatic heterocycles. The Balaban J connectivity index is 1.73. The van der Waals surface area contributed by atoms with Gasteiger partial charge in [-0.15, -0.1) is 0 Å². The Morgan fingerprint density at radius 2 is 1.54 bits per heavy atom. The van der Waals surface area contributed by atoms with Crippen LogP contribution in [0.1, 0.15) is 57.4 Å². The minimum atomic E-state index is -0.295. The van der Waals surface area contributed by atoms with Crippen LogP contribution in [0.25, 0.3) is 22.1 Å². The van der Waals surface area contributed by atoms with Crippen LogP contribution in [0.15, 0.2) is 63.8 Å². The first-order valence-electron chi connectivity index (χ1n) is 9.90. The van der Waals surface area contributed by atoms with E-state index in [4.69, 9.17) is 4.42 Å². The SMILES string of the molecule is CCCCCCCCCc1ccc2oc(=O)cc(-c3ccccc3)c2c1. The number of rotatable bonds is 9. The zero-order valence-corrected chi connectivity index (χ0v) is 15.7. The average Bonchev–Trinajstić information content (AvgIpc) is 2.67. The molecule has 2 heteroatoms. The first-order chi connectivity index (χ1) is 12.8. The molecule has 0 fully saturated rings. The van der Waals surface area contributed by atoms with Crippen molar-refractivity contribution in [2.75, 3.05) is 0 Å². The van der Waals surface area contributed by atoms with Gasteiger partial charge < -0.3 is 4.42 Å². The third-order valence-corrected chi connectivity index (χ3v) is 4.96. The van der Waals surface area contributed by atoms with Gasteiger partial charge in [0.15, 0.2) is 0 Å². The molecule has 0 aliphatic rings. The molecular formula is C24H28O2. The molecular weight excluding hydrogens is 320 g/mol. The molecule has 136 valence electrons. The molecule has 0 amide bonds. The lowest BCUT2D eigenvalue weighted by Crippen LogP contribution is -1.98. The van der Waals surface area contributed by atoms with Crippen molar-refractivity contribution < 1.29 is 4.42 Å². The van der Waals surface area contributed by atoms with Crippen molar-refractivity contribution in [3.8, 4) is 11.1 Å². The van der Waals surface area contributed by atoms with E-state index in [0.717, 1.165) is 22.9 Å². The molecule has 3 aromatic rings. The fraction of sp³-hybridized carbons (Fsp3) is 0.375. The van der Waals surface area contributed by atoms with Gasteiger partial charge in [0.1, 0.15) is 5.58 Å². The molecule has 1 heterocycles. The average molecular weight is 348 g/mol. The second-order valence-corrected chi connectivity index (χ2v) is 7.05. The molecule has 0 unspecified atom stereocenters. The molecule has 3 rings (SSSR count). The summed E-state index contributed by atoms with van der Waals surface area (Å²) in [7, 11) is 0. The van der Waals surface area contributed by atoms with E-state index in [1.165, 1.54) is 50.5 Å². The van der Waals surface area contributed by atoms with E-state index < -0.39 is 0 Å². The van der Waals surface area contributed by atoms with Gasteiger partial charge in [-0.3, -0.25) is 0 Å². The monoisotopic (exact) mass is 348 g/mol. The van der Waals surface area contributed by atoms with Gasteiger partial charge in [0.05, 0.1) is 0 Å². The number of hydrogen-bond acceptors (Lipinski definition) is 2. The van der Waals surface area contributed by atoms with Crippen molar-refractivity contribution in [3.63, 3.8) is 0 Å². The summed E-state index contributed by atoms with van der Waals surface area (Å²) in [5.41, 5.74) is 3.70. The molecule has 0 radical (unpaired) electrons. The van der Waals surface area contributed by atoms with Crippen LogP contribution in [0, 0.1) is 0 Å². The van der Waals surface area contributed by atoms with Crippen molar-refractivity contribution in [1.82, 2.24) is 0 Å². The highest BCUT2D eigenvalue weighted by Crippen LogP contribution is 2.28. The van der Waals surface area contributed by atoms with Crippen LogP contribution in [0.4, 0.5) is 0 Å². The van der Waals surface area contributed by atoms with Crippen LogP contribution in [0.3, 0.4) is 0 Å². The Labute approximate surface area is 155 Å². The zero-order valence-electron chi connectivity index (χ0n) is 15.7. The standard InChI is InChI=1S/C24H28O2/c1-2-3-4-5-6-7-9-12-19-15-16-23-22(17-19)21(18-24(25)26-23)20-13-10-8-11-14-20/h8,10-11,13-18H,2-7,9,12H2,1H3. The fourth-order valence-electron chi connectivity index (χ4n) is 3.51. The first-order valence-corrected chi connectivity index (χ1v) is 9.90. The highest BCUT2D eigenvalue weighted by molar-refractivity contribution is 5.93. The summed E-state index contributed by atoms with van der Waals surface area (Å²) < 4.78 is 5.40. The van der Waals surface area contributed by atoms with Crippen molar-refractivity contribution in [1.29, 1.82) is 0 Å². The van der Waals surface area contributed by atoms with Crippen LogP contribution in [0.5, 0.6) is 0 Å². The highest BCUT2D eigenvalue weighted by Gasteiger charge is 2.08. The van der Waals surface area contributed by atoms with Crippen LogP contribution >= 0.6 is 0 Å². The van der Waals surface area contributed by atoms with Crippen LogP contribution in [0.2, 0.25) is 0 Å². The first kappa shape index (κ1) is 18.4. The summed E-state index contributed by atoms with van der Waals surface area (Å²) in [5.74, 6) is 0. The van der Waals surface area contributed by atoms with Crippen molar-refractivity contribution >= 4 is 11.0 Å². The number of aryl methyl sites for hydroxylation is 1. The lowest BCUT2D eigenvalue weighted by atomic mass is 9.98. The highest BCUT2D eigenvalue weighted by atomic mass is 16.4. The molecule has 0 atom stereocenters. The molecule has 2 aromatic carbocycles. The van der Waals surface area contributed by atoms with E-state index in [-0.39, 0.29) is 5.63 Å². The summed E-state index contributed by atoms with van der Waals surface area (Å²) in [4.78, 5) is 11.9. The quantitative estimate of drug-likeness (QED) is 0.316. The molecule has 0 saturated heterocycles. The van der Waals surface area contributed by atoms with Gasteiger partial charge in [0, 0.05) is 11.5 Å². The van der Waals surface area contributed by atoms with Crippen molar-refractivity contribution in [3.05, 3.63) is 70.6 Å². The summed E-state index contributed by atoms with van der Waals surface area (Å²) in [5, 5.41) is 1.02.